The number of amides is 3. The van der Waals surface area contributed by atoms with Crippen LogP contribution in [-0.2, 0) is 11.3 Å². The first kappa shape index (κ1) is 24.2. The second-order valence-electron chi connectivity index (χ2n) is 9.08. The maximum Gasteiger partial charge on any atom is 0.269 e. The Morgan fingerprint density at radius 1 is 0.971 bits per heavy atom. The molecule has 1 aromatic heterocycles. The number of nitrogens with one attached hydrogen (secondary N) is 3. The Hall–Kier alpha value is -3.94. The number of rotatable bonds is 9. The summed E-state index contributed by atoms with van der Waals surface area (Å²) < 4.78 is 0. The largest absolute Gasteiger partial charge is 0.368 e. The summed E-state index contributed by atoms with van der Waals surface area (Å²) in [5.41, 5.74) is 8.83. The minimum atomic E-state index is -0.667. The predicted molar refractivity (Wildman–Crippen MR) is 133 cm³/mol. The number of carbonyl (C=O) groups excluding carboxylic acids is 3. The van der Waals surface area contributed by atoms with Crippen LogP contribution >= 0.6 is 0 Å². The van der Waals surface area contributed by atoms with Gasteiger partial charge in [-0.05, 0) is 36.1 Å². The first-order valence-corrected chi connectivity index (χ1v) is 12.1. The zero-order chi connectivity index (χ0) is 24.6. The van der Waals surface area contributed by atoms with Gasteiger partial charge in [-0.25, -0.2) is 0 Å². The minimum absolute atomic E-state index is 0.270. The number of primary amides is 1. The highest BCUT2D eigenvalue weighted by atomic mass is 16.2. The van der Waals surface area contributed by atoms with Gasteiger partial charge in [0.05, 0.1) is 5.69 Å². The monoisotopic (exact) mass is 473 g/mol. The Balaban J connectivity index is 1.29. The molecule has 0 aliphatic heterocycles. The number of hydrogen-bond donors (Lipinski definition) is 4. The lowest BCUT2D eigenvalue weighted by atomic mass is 9.84. The van der Waals surface area contributed by atoms with Gasteiger partial charge in [0.25, 0.3) is 11.8 Å². The number of nitrogens with zero attached hydrogens (tertiary/aromatic N) is 1. The summed E-state index contributed by atoms with van der Waals surface area (Å²) in [5.74, 6) is -0.678. The molecule has 4 rings (SSSR count). The lowest BCUT2D eigenvalue weighted by Gasteiger charge is -2.25. The maximum absolute atomic E-state index is 12.7. The SMILES string of the molecule is NC(=O)[C@H](CC1CCCCC1)NC(=O)c1ccc(CNC(=O)c2cc(-c3ccccc3)n[nH]2)cc1. The Morgan fingerprint density at radius 3 is 2.37 bits per heavy atom. The van der Waals surface area contributed by atoms with Crippen LogP contribution in [0.5, 0.6) is 0 Å². The number of hydrogen-bond acceptors (Lipinski definition) is 4. The molecular weight excluding hydrogens is 442 g/mol. The summed E-state index contributed by atoms with van der Waals surface area (Å²) in [5, 5.41) is 12.6. The van der Waals surface area contributed by atoms with E-state index in [1.165, 1.54) is 6.42 Å². The molecule has 0 bridgehead atoms. The first-order chi connectivity index (χ1) is 17.0. The van der Waals surface area contributed by atoms with E-state index in [9.17, 15) is 14.4 Å². The van der Waals surface area contributed by atoms with E-state index in [-0.39, 0.29) is 11.8 Å². The lowest BCUT2D eigenvalue weighted by Crippen LogP contribution is -2.45. The van der Waals surface area contributed by atoms with E-state index in [1.54, 1.807) is 30.3 Å². The summed E-state index contributed by atoms with van der Waals surface area (Å²) >= 11 is 0. The van der Waals surface area contributed by atoms with E-state index in [0.29, 0.717) is 35.8 Å². The van der Waals surface area contributed by atoms with Crippen LogP contribution in [0, 0.1) is 5.92 Å². The van der Waals surface area contributed by atoms with Crippen molar-refractivity contribution >= 4 is 17.7 Å². The lowest BCUT2D eigenvalue weighted by molar-refractivity contribution is -0.120. The molecule has 8 nitrogen and oxygen atoms in total. The van der Waals surface area contributed by atoms with Gasteiger partial charge >= 0.3 is 0 Å². The van der Waals surface area contributed by atoms with Crippen LogP contribution in [0.4, 0.5) is 0 Å². The van der Waals surface area contributed by atoms with Crippen LogP contribution < -0.4 is 16.4 Å². The molecule has 5 N–H and O–H groups in total. The van der Waals surface area contributed by atoms with Crippen molar-refractivity contribution in [2.75, 3.05) is 0 Å². The second-order valence-corrected chi connectivity index (χ2v) is 9.08. The van der Waals surface area contributed by atoms with Crippen molar-refractivity contribution in [3.05, 3.63) is 77.5 Å². The molecule has 8 heteroatoms. The van der Waals surface area contributed by atoms with Gasteiger partial charge in [0, 0.05) is 17.7 Å². The Kier molecular flexibility index (Phi) is 7.92. The summed E-state index contributed by atoms with van der Waals surface area (Å²) in [6, 6.07) is 17.6. The van der Waals surface area contributed by atoms with E-state index in [4.69, 9.17) is 5.73 Å². The van der Waals surface area contributed by atoms with Crippen molar-refractivity contribution in [2.45, 2.75) is 51.1 Å². The van der Waals surface area contributed by atoms with E-state index in [2.05, 4.69) is 20.8 Å². The zero-order valence-electron chi connectivity index (χ0n) is 19.6. The highest BCUT2D eigenvalue weighted by Crippen LogP contribution is 2.27. The zero-order valence-corrected chi connectivity index (χ0v) is 19.6. The summed E-state index contributed by atoms with van der Waals surface area (Å²) in [4.78, 5) is 37.1. The van der Waals surface area contributed by atoms with Crippen molar-refractivity contribution in [2.24, 2.45) is 11.7 Å². The molecule has 1 heterocycles. The van der Waals surface area contributed by atoms with Gasteiger partial charge in [-0.2, -0.15) is 5.10 Å². The quantitative estimate of drug-likeness (QED) is 0.378. The number of H-pyrrole nitrogens is 1. The molecule has 35 heavy (non-hydrogen) atoms. The summed E-state index contributed by atoms with van der Waals surface area (Å²) in [6.07, 6.45) is 6.30. The molecule has 1 atom stereocenters. The van der Waals surface area contributed by atoms with Gasteiger partial charge in [-0.3, -0.25) is 19.5 Å². The molecule has 3 amide bonds. The molecule has 0 saturated heterocycles. The fraction of sp³-hybridized carbons (Fsp3) is 0.333. The van der Waals surface area contributed by atoms with Gasteiger partial charge in [0.1, 0.15) is 11.7 Å². The molecule has 182 valence electrons. The van der Waals surface area contributed by atoms with Gasteiger partial charge in [0.2, 0.25) is 5.91 Å². The van der Waals surface area contributed by atoms with Gasteiger partial charge in [-0.1, -0.05) is 74.6 Å². The van der Waals surface area contributed by atoms with Crippen molar-refractivity contribution in [3.63, 3.8) is 0 Å². The van der Waals surface area contributed by atoms with Crippen LogP contribution in [0.25, 0.3) is 11.3 Å². The molecule has 2 aromatic carbocycles. The highest BCUT2D eigenvalue weighted by Gasteiger charge is 2.24. The fourth-order valence-corrected chi connectivity index (χ4v) is 4.49. The fourth-order valence-electron chi connectivity index (χ4n) is 4.49. The molecule has 0 radical (unpaired) electrons. The Bertz CT molecular complexity index is 1150. The maximum atomic E-state index is 12.7. The van der Waals surface area contributed by atoms with Crippen molar-refractivity contribution in [3.8, 4) is 11.3 Å². The van der Waals surface area contributed by atoms with Crippen LogP contribution in [0.2, 0.25) is 0 Å². The average molecular weight is 474 g/mol. The molecule has 0 spiro atoms. The minimum Gasteiger partial charge on any atom is -0.368 e. The normalized spacial score (nSPS) is 14.7. The highest BCUT2D eigenvalue weighted by molar-refractivity contribution is 5.97. The molecule has 0 unspecified atom stereocenters. The van der Waals surface area contributed by atoms with Crippen LogP contribution in [0.15, 0.2) is 60.7 Å². The van der Waals surface area contributed by atoms with Crippen LogP contribution in [0.3, 0.4) is 0 Å². The molecule has 1 aliphatic rings. The van der Waals surface area contributed by atoms with Gasteiger partial charge in [-0.15, -0.1) is 0 Å². The molecule has 1 fully saturated rings. The average Bonchev–Trinajstić information content (AvgIpc) is 3.39. The van der Waals surface area contributed by atoms with E-state index in [1.807, 2.05) is 30.3 Å². The third-order valence-electron chi connectivity index (χ3n) is 6.50. The van der Waals surface area contributed by atoms with Crippen molar-refractivity contribution in [1.29, 1.82) is 0 Å². The number of benzene rings is 2. The second kappa shape index (κ2) is 11.5. The van der Waals surface area contributed by atoms with Gasteiger partial charge in [0.15, 0.2) is 0 Å². The topological polar surface area (TPSA) is 130 Å². The predicted octanol–water partition coefficient (Wildman–Crippen LogP) is 3.56. The number of nitrogens with two attached hydrogens (primary N) is 1. The van der Waals surface area contributed by atoms with Crippen LogP contribution in [0.1, 0.15) is 64.9 Å². The molecule has 1 saturated carbocycles. The molecule has 1 aliphatic carbocycles. The molecule has 3 aromatic rings. The summed E-state index contributed by atoms with van der Waals surface area (Å²) in [6.45, 7) is 0.298. The first-order valence-electron chi connectivity index (χ1n) is 12.1. The van der Waals surface area contributed by atoms with Crippen molar-refractivity contribution < 1.29 is 14.4 Å². The van der Waals surface area contributed by atoms with Crippen LogP contribution in [-0.4, -0.2) is 34.0 Å². The smallest absolute Gasteiger partial charge is 0.269 e. The Morgan fingerprint density at radius 2 is 1.69 bits per heavy atom. The summed E-state index contributed by atoms with van der Waals surface area (Å²) in [7, 11) is 0. The number of carbonyl (C=O) groups is 3. The van der Waals surface area contributed by atoms with E-state index in [0.717, 1.165) is 36.8 Å². The third-order valence-corrected chi connectivity index (χ3v) is 6.50. The van der Waals surface area contributed by atoms with Gasteiger partial charge < -0.3 is 16.4 Å². The number of aromatic amines is 1. The van der Waals surface area contributed by atoms with Crippen molar-refractivity contribution in [1.82, 2.24) is 20.8 Å². The van der Waals surface area contributed by atoms with E-state index >= 15 is 0 Å². The Labute approximate surface area is 204 Å². The van der Waals surface area contributed by atoms with E-state index < -0.39 is 11.9 Å². The number of aromatic nitrogens is 2. The molecular formula is C27H31N5O3. The standard InChI is InChI=1S/C27H31N5O3/c28-25(33)23(15-18-7-3-1-4-8-18)30-26(34)21-13-11-19(12-14-21)17-29-27(35)24-16-22(31-32-24)20-9-5-2-6-10-20/h2,5-6,9-14,16,18,23H,1,3-4,7-8,15,17H2,(H2,28,33)(H,29,35)(H,30,34)(H,31,32)/t23-/m0/s1. The third kappa shape index (κ3) is 6.56.